The second-order valence-corrected chi connectivity index (χ2v) is 6.94. The van der Waals surface area contributed by atoms with E-state index in [2.05, 4.69) is 53.2 Å². The quantitative estimate of drug-likeness (QED) is 0.786. The first-order valence-electron chi connectivity index (χ1n) is 8.06. The molecule has 3 aromatic heterocycles. The number of nitrogens with one attached hydrogen (secondary N) is 1. The third-order valence-corrected chi connectivity index (χ3v) is 3.82. The Morgan fingerprint density at radius 3 is 2.58 bits per heavy atom. The summed E-state index contributed by atoms with van der Waals surface area (Å²) in [4.78, 5) is 13.7. The van der Waals surface area contributed by atoms with E-state index in [-0.39, 0.29) is 11.5 Å². The third-order valence-electron chi connectivity index (χ3n) is 3.82. The minimum atomic E-state index is -0.169. The molecule has 24 heavy (non-hydrogen) atoms. The number of aryl methyl sites for hydroxylation is 2. The molecule has 0 fully saturated rings. The molecule has 3 heterocycles. The van der Waals surface area contributed by atoms with Crippen molar-refractivity contribution >= 4 is 16.9 Å². The maximum Gasteiger partial charge on any atom is 0.249 e. The molecule has 0 amide bonds. The summed E-state index contributed by atoms with van der Waals surface area (Å²) in [5.41, 5.74) is 0.631. The van der Waals surface area contributed by atoms with Gasteiger partial charge in [-0.1, -0.05) is 32.9 Å². The van der Waals surface area contributed by atoms with Gasteiger partial charge < -0.3 is 9.84 Å². The van der Waals surface area contributed by atoms with Gasteiger partial charge in [0, 0.05) is 12.5 Å². The summed E-state index contributed by atoms with van der Waals surface area (Å²) in [7, 11) is 1.88. The molecule has 3 aromatic rings. The van der Waals surface area contributed by atoms with Crippen LogP contribution in [0.5, 0.6) is 0 Å². The van der Waals surface area contributed by atoms with Crippen LogP contribution < -0.4 is 5.32 Å². The molecule has 8 heteroatoms. The molecule has 0 saturated heterocycles. The lowest BCUT2D eigenvalue weighted by molar-refractivity contribution is 0.356. The Balaban J connectivity index is 2.07. The number of hydrogen-bond donors (Lipinski definition) is 1. The van der Waals surface area contributed by atoms with Gasteiger partial charge in [-0.05, 0) is 13.3 Å². The molecule has 0 radical (unpaired) electrons. The van der Waals surface area contributed by atoms with E-state index in [4.69, 9.17) is 9.51 Å². The van der Waals surface area contributed by atoms with Crippen molar-refractivity contribution in [2.75, 3.05) is 5.32 Å². The molecule has 0 saturated carbocycles. The van der Waals surface area contributed by atoms with Crippen molar-refractivity contribution in [1.29, 1.82) is 0 Å². The summed E-state index contributed by atoms with van der Waals surface area (Å²) in [6.07, 6.45) is 2.56. The Morgan fingerprint density at radius 1 is 1.25 bits per heavy atom. The second kappa shape index (κ2) is 5.85. The Bertz CT molecular complexity index is 859. The van der Waals surface area contributed by atoms with E-state index >= 15 is 0 Å². The molecule has 0 spiro atoms. The summed E-state index contributed by atoms with van der Waals surface area (Å²) in [5, 5.41) is 12.5. The summed E-state index contributed by atoms with van der Waals surface area (Å²) >= 11 is 0. The molecule has 0 aliphatic rings. The average Bonchev–Trinajstić information content (AvgIpc) is 3.10. The van der Waals surface area contributed by atoms with E-state index in [0.717, 1.165) is 29.1 Å². The van der Waals surface area contributed by atoms with Gasteiger partial charge in [0.25, 0.3) is 0 Å². The monoisotopic (exact) mass is 329 g/mol. The number of hydrogen-bond acceptors (Lipinski definition) is 7. The van der Waals surface area contributed by atoms with Gasteiger partial charge in [0.15, 0.2) is 11.5 Å². The molecule has 0 aromatic carbocycles. The van der Waals surface area contributed by atoms with E-state index in [1.54, 1.807) is 17.8 Å². The number of rotatable bonds is 4. The van der Waals surface area contributed by atoms with Gasteiger partial charge in [0.2, 0.25) is 5.89 Å². The van der Waals surface area contributed by atoms with Crippen LogP contribution in [-0.2, 0) is 12.5 Å². The first-order chi connectivity index (χ1) is 11.3. The molecule has 0 bridgehead atoms. The van der Waals surface area contributed by atoms with Crippen LogP contribution in [0.25, 0.3) is 11.0 Å². The predicted molar refractivity (Wildman–Crippen MR) is 90.7 cm³/mol. The van der Waals surface area contributed by atoms with Crippen molar-refractivity contribution in [3.05, 3.63) is 23.7 Å². The van der Waals surface area contributed by atoms with E-state index in [0.29, 0.717) is 11.7 Å². The average molecular weight is 329 g/mol. The first-order valence-corrected chi connectivity index (χ1v) is 8.06. The van der Waals surface area contributed by atoms with E-state index in [1.165, 1.54) is 0 Å². The maximum absolute atomic E-state index is 5.32. The van der Waals surface area contributed by atoms with Crippen molar-refractivity contribution < 1.29 is 4.52 Å². The van der Waals surface area contributed by atoms with Crippen LogP contribution in [0.4, 0.5) is 5.82 Å². The predicted octanol–water partition coefficient (Wildman–Crippen LogP) is 2.92. The SMILES string of the molecule is CC[C@@H](Nc1nc(C(C)(C)C)nc2c1cnn2C)c1nc(C)no1. The molecule has 8 nitrogen and oxygen atoms in total. The van der Waals surface area contributed by atoms with Crippen molar-refractivity contribution in [1.82, 2.24) is 29.9 Å². The highest BCUT2D eigenvalue weighted by Crippen LogP contribution is 2.29. The van der Waals surface area contributed by atoms with Gasteiger partial charge in [0.05, 0.1) is 11.6 Å². The number of fused-ring (bicyclic) bond motifs is 1. The second-order valence-electron chi connectivity index (χ2n) is 6.94. The molecular weight excluding hydrogens is 306 g/mol. The van der Waals surface area contributed by atoms with Crippen LogP contribution in [0.3, 0.4) is 0 Å². The lowest BCUT2D eigenvalue weighted by atomic mass is 9.95. The highest BCUT2D eigenvalue weighted by Gasteiger charge is 2.24. The maximum atomic E-state index is 5.32. The lowest BCUT2D eigenvalue weighted by Gasteiger charge is -2.20. The van der Waals surface area contributed by atoms with Crippen LogP contribution in [0.2, 0.25) is 0 Å². The normalized spacial score (nSPS) is 13.4. The highest BCUT2D eigenvalue weighted by molar-refractivity contribution is 5.86. The van der Waals surface area contributed by atoms with Gasteiger partial charge in [-0.2, -0.15) is 10.1 Å². The molecule has 128 valence electrons. The smallest absolute Gasteiger partial charge is 0.249 e. The third kappa shape index (κ3) is 2.95. The number of aromatic nitrogens is 6. The summed E-state index contributed by atoms with van der Waals surface area (Å²) in [6.45, 7) is 10.1. The Morgan fingerprint density at radius 2 is 2.00 bits per heavy atom. The standard InChI is InChI=1S/C16H23N7O/c1-7-11(14-18-9(2)22-24-14)19-12-10-8-17-23(6)13(10)21-15(20-12)16(3,4)5/h8,11H,7H2,1-6H3,(H,19,20,21)/t11-/m1/s1. The fourth-order valence-corrected chi connectivity index (χ4v) is 2.43. The van der Waals surface area contributed by atoms with E-state index in [9.17, 15) is 0 Å². The summed E-state index contributed by atoms with van der Waals surface area (Å²) in [5.74, 6) is 2.68. The Hall–Kier alpha value is -2.51. The van der Waals surface area contributed by atoms with Crippen LogP contribution in [-0.4, -0.2) is 29.9 Å². The van der Waals surface area contributed by atoms with Gasteiger partial charge in [-0.25, -0.2) is 9.97 Å². The Labute approximate surface area is 140 Å². The van der Waals surface area contributed by atoms with Crippen molar-refractivity contribution in [2.24, 2.45) is 7.05 Å². The van der Waals surface area contributed by atoms with Crippen molar-refractivity contribution in [2.45, 2.75) is 52.5 Å². The first kappa shape index (κ1) is 16.4. The zero-order valence-corrected chi connectivity index (χ0v) is 15.0. The molecule has 1 N–H and O–H groups in total. The Kier molecular flexibility index (Phi) is 3.98. The van der Waals surface area contributed by atoms with Crippen molar-refractivity contribution in [3.63, 3.8) is 0 Å². The van der Waals surface area contributed by atoms with Gasteiger partial charge in [0.1, 0.15) is 17.7 Å². The zero-order valence-electron chi connectivity index (χ0n) is 15.0. The topological polar surface area (TPSA) is 94.6 Å². The molecule has 1 atom stereocenters. The van der Waals surface area contributed by atoms with Crippen LogP contribution in [0, 0.1) is 6.92 Å². The minimum Gasteiger partial charge on any atom is -0.358 e. The fourth-order valence-electron chi connectivity index (χ4n) is 2.43. The molecular formula is C16H23N7O. The minimum absolute atomic E-state index is 0.114. The molecule has 3 rings (SSSR count). The van der Waals surface area contributed by atoms with Crippen molar-refractivity contribution in [3.8, 4) is 0 Å². The van der Waals surface area contributed by atoms with Crippen LogP contribution in [0.15, 0.2) is 10.7 Å². The van der Waals surface area contributed by atoms with Gasteiger partial charge in [-0.15, -0.1) is 0 Å². The van der Waals surface area contributed by atoms with E-state index in [1.807, 2.05) is 7.05 Å². The molecule has 0 aliphatic heterocycles. The fraction of sp³-hybridized carbons (Fsp3) is 0.562. The molecule has 0 aliphatic carbocycles. The number of anilines is 1. The highest BCUT2D eigenvalue weighted by atomic mass is 16.5. The van der Waals surface area contributed by atoms with Gasteiger partial charge in [-0.3, -0.25) is 4.68 Å². The van der Waals surface area contributed by atoms with Gasteiger partial charge >= 0.3 is 0 Å². The molecule has 0 unspecified atom stereocenters. The van der Waals surface area contributed by atoms with Crippen LogP contribution >= 0.6 is 0 Å². The lowest BCUT2D eigenvalue weighted by Crippen LogP contribution is -2.19. The van der Waals surface area contributed by atoms with Crippen LogP contribution in [0.1, 0.15) is 57.7 Å². The number of nitrogens with zero attached hydrogens (tertiary/aromatic N) is 6. The van der Waals surface area contributed by atoms with E-state index < -0.39 is 0 Å². The zero-order chi connectivity index (χ0) is 17.5. The summed E-state index contributed by atoms with van der Waals surface area (Å²) < 4.78 is 7.08. The summed E-state index contributed by atoms with van der Waals surface area (Å²) in [6, 6.07) is -0.114. The largest absolute Gasteiger partial charge is 0.358 e.